The molecule has 0 radical (unpaired) electrons. The number of hydrogen-bond donors (Lipinski definition) is 1. The van der Waals surface area contributed by atoms with Crippen LogP contribution in [0.5, 0.6) is 0 Å². The van der Waals surface area contributed by atoms with E-state index in [0.717, 1.165) is 30.7 Å². The topological polar surface area (TPSA) is 73.2 Å². The highest BCUT2D eigenvalue weighted by molar-refractivity contribution is 7.89. The number of nitrogens with zero attached hydrogens (tertiary/aromatic N) is 2. The summed E-state index contributed by atoms with van der Waals surface area (Å²) in [5, 5.41) is 0. The summed E-state index contributed by atoms with van der Waals surface area (Å²) in [7, 11) is -3.31. The lowest BCUT2D eigenvalue weighted by atomic mass is 10.1. The van der Waals surface area contributed by atoms with Gasteiger partial charge in [-0.25, -0.2) is 18.1 Å². The van der Waals surface area contributed by atoms with Gasteiger partial charge < -0.3 is 9.30 Å². The van der Waals surface area contributed by atoms with Gasteiger partial charge in [-0.15, -0.1) is 0 Å². The number of ether oxygens (including phenoxy) is 1. The number of imidazole rings is 1. The van der Waals surface area contributed by atoms with Gasteiger partial charge in [-0.05, 0) is 43.9 Å². The lowest BCUT2D eigenvalue weighted by Gasteiger charge is -2.16. The highest BCUT2D eigenvalue weighted by Gasteiger charge is 2.21. The second kappa shape index (κ2) is 7.46. The Morgan fingerprint density at radius 1 is 1.38 bits per heavy atom. The Balaban J connectivity index is 1.58. The van der Waals surface area contributed by atoms with E-state index in [1.807, 2.05) is 42.0 Å². The molecule has 2 unspecified atom stereocenters. The smallest absolute Gasteiger partial charge is 0.212 e. The van der Waals surface area contributed by atoms with E-state index in [1.165, 1.54) is 0 Å². The molecule has 0 bridgehead atoms. The van der Waals surface area contributed by atoms with Crippen LogP contribution in [0.3, 0.4) is 0 Å². The van der Waals surface area contributed by atoms with Crippen molar-refractivity contribution in [1.82, 2.24) is 14.3 Å². The molecule has 6 nitrogen and oxygen atoms in total. The van der Waals surface area contributed by atoms with Gasteiger partial charge in [0.2, 0.25) is 10.0 Å². The lowest BCUT2D eigenvalue weighted by molar-refractivity contribution is 0.108. The molecule has 0 spiro atoms. The third-order valence-electron chi connectivity index (χ3n) is 4.28. The first kappa shape index (κ1) is 17.1. The molecule has 0 saturated carbocycles. The van der Waals surface area contributed by atoms with E-state index in [4.69, 9.17) is 4.74 Å². The standard InChI is InChI=1S/C17H23N3O3S/c1-14(19-24(21,22)12-8-17-3-2-11-23-17)15-4-6-16(7-5-15)20-10-9-18-13-20/h4-7,9-10,13-14,17,19H,2-3,8,11-12H2,1H3. The lowest BCUT2D eigenvalue weighted by Crippen LogP contribution is -2.30. The number of nitrogens with one attached hydrogen (secondary N) is 1. The molecule has 1 N–H and O–H groups in total. The minimum atomic E-state index is -3.31. The monoisotopic (exact) mass is 349 g/mol. The average molecular weight is 349 g/mol. The van der Waals surface area contributed by atoms with Gasteiger partial charge >= 0.3 is 0 Å². The van der Waals surface area contributed by atoms with Crippen LogP contribution in [-0.4, -0.2) is 36.4 Å². The second-order valence-electron chi connectivity index (χ2n) is 6.14. The zero-order valence-corrected chi connectivity index (χ0v) is 14.6. The first-order chi connectivity index (χ1) is 11.5. The van der Waals surface area contributed by atoms with Crippen LogP contribution in [0.2, 0.25) is 0 Å². The maximum absolute atomic E-state index is 12.2. The fourth-order valence-electron chi connectivity index (χ4n) is 2.90. The van der Waals surface area contributed by atoms with Crippen LogP contribution in [0.1, 0.15) is 37.8 Å². The summed E-state index contributed by atoms with van der Waals surface area (Å²) in [6.45, 7) is 2.60. The molecule has 0 aliphatic carbocycles. The van der Waals surface area contributed by atoms with Gasteiger partial charge in [0.1, 0.15) is 0 Å². The second-order valence-corrected chi connectivity index (χ2v) is 8.02. The Labute approximate surface area is 142 Å². The molecule has 2 heterocycles. The van der Waals surface area contributed by atoms with Gasteiger partial charge in [0.15, 0.2) is 0 Å². The van der Waals surface area contributed by atoms with Crippen LogP contribution in [0.15, 0.2) is 43.0 Å². The van der Waals surface area contributed by atoms with E-state index in [2.05, 4.69) is 9.71 Å². The summed E-state index contributed by atoms with van der Waals surface area (Å²) in [6, 6.07) is 7.50. The van der Waals surface area contributed by atoms with Crippen LogP contribution in [0.25, 0.3) is 5.69 Å². The van der Waals surface area contributed by atoms with Crippen molar-refractivity contribution >= 4 is 10.0 Å². The van der Waals surface area contributed by atoms with Crippen molar-refractivity contribution in [2.45, 2.75) is 38.3 Å². The SMILES string of the molecule is CC(NS(=O)(=O)CCC1CCCO1)c1ccc(-n2ccnc2)cc1. The molecule has 7 heteroatoms. The molecule has 0 amide bonds. The molecule has 1 aliphatic rings. The minimum absolute atomic E-state index is 0.0892. The Bertz CT molecular complexity index is 736. The fourth-order valence-corrected chi connectivity index (χ4v) is 4.27. The Morgan fingerprint density at radius 3 is 2.79 bits per heavy atom. The number of rotatable bonds is 7. The zero-order chi connectivity index (χ0) is 17.0. The number of sulfonamides is 1. The maximum Gasteiger partial charge on any atom is 0.212 e. The highest BCUT2D eigenvalue weighted by Crippen LogP contribution is 2.19. The van der Waals surface area contributed by atoms with Gasteiger partial charge in [-0.1, -0.05) is 12.1 Å². The molecule has 1 aromatic heterocycles. The minimum Gasteiger partial charge on any atom is -0.378 e. The summed E-state index contributed by atoms with van der Waals surface area (Å²) < 4.78 is 34.6. The summed E-state index contributed by atoms with van der Waals surface area (Å²) >= 11 is 0. The van der Waals surface area contributed by atoms with Crippen molar-refractivity contribution < 1.29 is 13.2 Å². The van der Waals surface area contributed by atoms with Crippen molar-refractivity contribution in [3.8, 4) is 5.69 Å². The molecule has 1 aliphatic heterocycles. The van der Waals surface area contributed by atoms with E-state index in [9.17, 15) is 8.42 Å². The molecular formula is C17H23N3O3S. The molecule has 1 fully saturated rings. The molecule has 3 rings (SSSR count). The Kier molecular flexibility index (Phi) is 5.33. The highest BCUT2D eigenvalue weighted by atomic mass is 32.2. The quantitative estimate of drug-likeness (QED) is 0.833. The molecule has 130 valence electrons. The van der Waals surface area contributed by atoms with Crippen LogP contribution in [0.4, 0.5) is 0 Å². The fraction of sp³-hybridized carbons (Fsp3) is 0.471. The number of aromatic nitrogens is 2. The van der Waals surface area contributed by atoms with Crippen molar-refractivity contribution in [2.24, 2.45) is 0 Å². The molecule has 1 aromatic carbocycles. The molecule has 24 heavy (non-hydrogen) atoms. The summed E-state index contributed by atoms with van der Waals surface area (Å²) in [5.74, 6) is 0.106. The molecule has 1 saturated heterocycles. The Hall–Kier alpha value is -1.70. The van der Waals surface area contributed by atoms with Crippen LogP contribution in [-0.2, 0) is 14.8 Å². The predicted octanol–water partition coefficient (Wildman–Crippen LogP) is 2.42. The van der Waals surface area contributed by atoms with E-state index in [-0.39, 0.29) is 17.9 Å². The molecule has 2 atom stereocenters. The number of benzene rings is 1. The molecular weight excluding hydrogens is 326 g/mol. The predicted molar refractivity (Wildman–Crippen MR) is 92.5 cm³/mol. The van der Waals surface area contributed by atoms with Gasteiger partial charge in [-0.2, -0.15) is 0 Å². The van der Waals surface area contributed by atoms with Crippen molar-refractivity contribution in [3.05, 3.63) is 48.5 Å². The first-order valence-electron chi connectivity index (χ1n) is 8.23. The average Bonchev–Trinajstić information content (AvgIpc) is 3.26. The Morgan fingerprint density at radius 2 is 2.17 bits per heavy atom. The number of hydrogen-bond acceptors (Lipinski definition) is 4. The van der Waals surface area contributed by atoms with Gasteiger partial charge in [-0.3, -0.25) is 0 Å². The maximum atomic E-state index is 12.2. The summed E-state index contributed by atoms with van der Waals surface area (Å²) in [4.78, 5) is 4.02. The summed E-state index contributed by atoms with van der Waals surface area (Å²) in [5.41, 5.74) is 1.92. The van der Waals surface area contributed by atoms with Crippen molar-refractivity contribution in [2.75, 3.05) is 12.4 Å². The largest absolute Gasteiger partial charge is 0.378 e. The van der Waals surface area contributed by atoms with Crippen molar-refractivity contribution in [1.29, 1.82) is 0 Å². The van der Waals surface area contributed by atoms with E-state index in [0.29, 0.717) is 6.42 Å². The molecule has 2 aromatic rings. The third-order valence-corrected chi connectivity index (χ3v) is 5.77. The zero-order valence-electron chi connectivity index (χ0n) is 13.8. The van der Waals surface area contributed by atoms with Gasteiger partial charge in [0, 0.05) is 30.7 Å². The van der Waals surface area contributed by atoms with Crippen LogP contribution >= 0.6 is 0 Å². The van der Waals surface area contributed by atoms with Crippen LogP contribution < -0.4 is 4.72 Å². The van der Waals surface area contributed by atoms with Gasteiger partial charge in [0.05, 0.1) is 18.2 Å². The van der Waals surface area contributed by atoms with Crippen molar-refractivity contribution in [3.63, 3.8) is 0 Å². The van der Waals surface area contributed by atoms with E-state index < -0.39 is 10.0 Å². The third kappa shape index (κ3) is 4.43. The van der Waals surface area contributed by atoms with E-state index in [1.54, 1.807) is 12.5 Å². The van der Waals surface area contributed by atoms with Crippen LogP contribution in [0, 0.1) is 0 Å². The summed E-state index contributed by atoms with van der Waals surface area (Å²) in [6.07, 6.45) is 7.95. The van der Waals surface area contributed by atoms with Gasteiger partial charge in [0.25, 0.3) is 0 Å². The first-order valence-corrected chi connectivity index (χ1v) is 9.89. The van der Waals surface area contributed by atoms with E-state index >= 15 is 0 Å². The normalized spacial score (nSPS) is 19.5.